The number of carbonyl (C=O) groups is 1. The first kappa shape index (κ1) is 15.7. The summed E-state index contributed by atoms with van der Waals surface area (Å²) >= 11 is 0. The third kappa shape index (κ3) is 4.30. The lowest BCUT2D eigenvalue weighted by molar-refractivity contribution is -0.126. The van der Waals surface area contributed by atoms with Crippen LogP contribution in [0.1, 0.15) is 40.5 Å². The summed E-state index contributed by atoms with van der Waals surface area (Å²) in [6, 6.07) is 0.717. The third-order valence-electron chi connectivity index (χ3n) is 3.50. The predicted octanol–water partition coefficient (Wildman–Crippen LogP) is 1.96. The van der Waals surface area contributed by atoms with Crippen molar-refractivity contribution in [1.29, 1.82) is 0 Å². The smallest absolute Gasteiger partial charge is 0.223 e. The fourth-order valence-corrected chi connectivity index (χ4v) is 1.86. The van der Waals surface area contributed by atoms with Crippen molar-refractivity contribution in [2.75, 3.05) is 6.54 Å². The van der Waals surface area contributed by atoms with Crippen LogP contribution in [0.2, 0.25) is 0 Å². The summed E-state index contributed by atoms with van der Waals surface area (Å²) in [6.45, 7) is 9.40. The number of halogens is 1. The number of nitrogens with one attached hydrogen (secondary N) is 2. The molecule has 0 radical (unpaired) electrons. The van der Waals surface area contributed by atoms with Gasteiger partial charge in [0.25, 0.3) is 0 Å². The molecule has 0 aromatic heterocycles. The Morgan fingerprint density at radius 3 is 2.50 bits per heavy atom. The number of amides is 1. The standard InChI is InChI=1S/C12H24N2O.ClH/c1-8(2)9(3)12(15)14-11-6-5-7-13-10(11)4;/h8-11,13H,5-7H2,1-4H3,(H,14,15);1H. The van der Waals surface area contributed by atoms with Gasteiger partial charge in [0.2, 0.25) is 5.91 Å². The lowest BCUT2D eigenvalue weighted by atomic mass is 9.94. The second kappa shape index (κ2) is 7.13. The van der Waals surface area contributed by atoms with Gasteiger partial charge in [-0.1, -0.05) is 20.8 Å². The van der Waals surface area contributed by atoms with Gasteiger partial charge in [-0.3, -0.25) is 4.79 Å². The van der Waals surface area contributed by atoms with Gasteiger partial charge in [0.1, 0.15) is 0 Å². The summed E-state index contributed by atoms with van der Waals surface area (Å²) < 4.78 is 0. The van der Waals surface area contributed by atoms with Crippen LogP contribution in [0.15, 0.2) is 0 Å². The van der Waals surface area contributed by atoms with E-state index in [1.54, 1.807) is 0 Å². The van der Waals surface area contributed by atoms with E-state index in [-0.39, 0.29) is 24.2 Å². The number of rotatable bonds is 3. The number of hydrogen-bond acceptors (Lipinski definition) is 2. The summed E-state index contributed by atoms with van der Waals surface area (Å²) in [7, 11) is 0. The van der Waals surface area contributed by atoms with Crippen LogP contribution in [0.4, 0.5) is 0 Å². The zero-order valence-electron chi connectivity index (χ0n) is 10.7. The molecule has 1 rings (SSSR count). The predicted molar refractivity (Wildman–Crippen MR) is 69.9 cm³/mol. The molecular formula is C12H25ClN2O. The van der Waals surface area contributed by atoms with Gasteiger partial charge in [0.15, 0.2) is 0 Å². The molecule has 16 heavy (non-hydrogen) atoms. The van der Waals surface area contributed by atoms with Crippen molar-refractivity contribution >= 4 is 18.3 Å². The summed E-state index contributed by atoms with van der Waals surface area (Å²) in [4.78, 5) is 11.9. The normalized spacial score (nSPS) is 27.1. The van der Waals surface area contributed by atoms with E-state index in [0.717, 1.165) is 19.4 Å². The van der Waals surface area contributed by atoms with Gasteiger partial charge in [-0.25, -0.2) is 0 Å². The lowest BCUT2D eigenvalue weighted by Crippen LogP contribution is -2.53. The third-order valence-corrected chi connectivity index (χ3v) is 3.50. The van der Waals surface area contributed by atoms with Crippen molar-refractivity contribution in [2.24, 2.45) is 11.8 Å². The van der Waals surface area contributed by atoms with E-state index in [9.17, 15) is 4.79 Å². The topological polar surface area (TPSA) is 41.1 Å². The highest BCUT2D eigenvalue weighted by molar-refractivity contribution is 5.85. The first-order valence-electron chi connectivity index (χ1n) is 6.06. The Kier molecular flexibility index (Phi) is 7.00. The highest BCUT2D eigenvalue weighted by atomic mass is 35.5. The van der Waals surface area contributed by atoms with Crippen LogP contribution in [0.25, 0.3) is 0 Å². The zero-order chi connectivity index (χ0) is 11.4. The van der Waals surface area contributed by atoms with Gasteiger partial charge >= 0.3 is 0 Å². The molecule has 2 N–H and O–H groups in total. The highest BCUT2D eigenvalue weighted by Gasteiger charge is 2.25. The molecule has 1 amide bonds. The lowest BCUT2D eigenvalue weighted by Gasteiger charge is -2.32. The quantitative estimate of drug-likeness (QED) is 0.802. The van der Waals surface area contributed by atoms with Gasteiger partial charge in [-0.2, -0.15) is 0 Å². The van der Waals surface area contributed by atoms with Gasteiger partial charge < -0.3 is 10.6 Å². The maximum absolute atomic E-state index is 11.9. The average molecular weight is 249 g/mol. The van der Waals surface area contributed by atoms with Gasteiger partial charge in [-0.15, -0.1) is 12.4 Å². The highest BCUT2D eigenvalue weighted by Crippen LogP contribution is 2.13. The Morgan fingerprint density at radius 2 is 2.00 bits per heavy atom. The molecule has 1 aliphatic heterocycles. The Labute approximate surface area is 105 Å². The molecule has 1 heterocycles. The first-order valence-corrected chi connectivity index (χ1v) is 6.06. The first-order chi connectivity index (χ1) is 7.02. The zero-order valence-corrected chi connectivity index (χ0v) is 11.6. The average Bonchev–Trinajstić information content (AvgIpc) is 2.20. The second-order valence-electron chi connectivity index (χ2n) is 5.03. The number of piperidine rings is 1. The Morgan fingerprint density at radius 1 is 1.38 bits per heavy atom. The van der Waals surface area contributed by atoms with Crippen molar-refractivity contribution in [1.82, 2.24) is 10.6 Å². The molecule has 0 aromatic rings. The van der Waals surface area contributed by atoms with E-state index in [2.05, 4.69) is 31.4 Å². The minimum atomic E-state index is 0. The molecule has 0 spiro atoms. The summed E-state index contributed by atoms with van der Waals surface area (Å²) in [6.07, 6.45) is 2.26. The molecule has 0 aliphatic carbocycles. The molecule has 3 nitrogen and oxygen atoms in total. The largest absolute Gasteiger partial charge is 0.352 e. The Hall–Kier alpha value is -0.280. The van der Waals surface area contributed by atoms with E-state index in [4.69, 9.17) is 0 Å². The van der Waals surface area contributed by atoms with Crippen molar-refractivity contribution < 1.29 is 4.79 Å². The molecule has 3 atom stereocenters. The minimum absolute atomic E-state index is 0. The van der Waals surface area contributed by atoms with Gasteiger partial charge in [-0.05, 0) is 32.2 Å². The Balaban J connectivity index is 0.00000225. The van der Waals surface area contributed by atoms with E-state index < -0.39 is 0 Å². The van der Waals surface area contributed by atoms with Gasteiger partial charge in [0.05, 0.1) is 0 Å². The van der Waals surface area contributed by atoms with Crippen LogP contribution in [0.5, 0.6) is 0 Å². The molecule has 96 valence electrons. The maximum Gasteiger partial charge on any atom is 0.223 e. The van der Waals surface area contributed by atoms with Crippen molar-refractivity contribution in [3.8, 4) is 0 Å². The molecule has 0 aromatic carbocycles. The number of carbonyl (C=O) groups excluding carboxylic acids is 1. The molecule has 1 fully saturated rings. The Bertz CT molecular complexity index is 221. The molecule has 1 aliphatic rings. The summed E-state index contributed by atoms with van der Waals surface area (Å²) in [5, 5.41) is 6.54. The van der Waals surface area contributed by atoms with Crippen LogP contribution in [0.3, 0.4) is 0 Å². The van der Waals surface area contributed by atoms with Crippen LogP contribution >= 0.6 is 12.4 Å². The molecule has 3 unspecified atom stereocenters. The molecule has 4 heteroatoms. The van der Waals surface area contributed by atoms with E-state index >= 15 is 0 Å². The monoisotopic (exact) mass is 248 g/mol. The SMILES string of the molecule is CC(C)C(C)C(=O)NC1CCCNC1C.Cl. The molecule has 0 bridgehead atoms. The van der Waals surface area contributed by atoms with Crippen molar-refractivity contribution in [2.45, 2.75) is 52.6 Å². The van der Waals surface area contributed by atoms with Crippen molar-refractivity contribution in [3.63, 3.8) is 0 Å². The molecule has 1 saturated heterocycles. The van der Waals surface area contributed by atoms with Crippen LogP contribution < -0.4 is 10.6 Å². The van der Waals surface area contributed by atoms with Crippen LogP contribution in [-0.2, 0) is 4.79 Å². The number of hydrogen-bond donors (Lipinski definition) is 2. The van der Waals surface area contributed by atoms with E-state index in [0.29, 0.717) is 18.0 Å². The van der Waals surface area contributed by atoms with Gasteiger partial charge in [0, 0.05) is 18.0 Å². The molecule has 0 saturated carbocycles. The second-order valence-corrected chi connectivity index (χ2v) is 5.03. The van der Waals surface area contributed by atoms with E-state index in [1.807, 2.05) is 6.92 Å². The fraction of sp³-hybridized carbons (Fsp3) is 0.917. The maximum atomic E-state index is 11.9. The summed E-state index contributed by atoms with van der Waals surface area (Å²) in [5.41, 5.74) is 0. The van der Waals surface area contributed by atoms with Crippen LogP contribution in [0, 0.1) is 11.8 Å². The van der Waals surface area contributed by atoms with Crippen LogP contribution in [-0.4, -0.2) is 24.5 Å². The van der Waals surface area contributed by atoms with Crippen molar-refractivity contribution in [3.05, 3.63) is 0 Å². The molecular weight excluding hydrogens is 224 g/mol. The minimum Gasteiger partial charge on any atom is -0.352 e. The fourth-order valence-electron chi connectivity index (χ4n) is 1.86. The van der Waals surface area contributed by atoms with E-state index in [1.165, 1.54) is 0 Å². The summed E-state index contributed by atoms with van der Waals surface area (Å²) in [5.74, 6) is 0.724.